The molecule has 0 aliphatic carbocycles. The van der Waals surface area contributed by atoms with Crippen LogP contribution < -0.4 is 0 Å². The second kappa shape index (κ2) is 3.22. The van der Waals surface area contributed by atoms with Gasteiger partial charge >= 0.3 is 0 Å². The Morgan fingerprint density at radius 2 is 1.92 bits per heavy atom. The summed E-state index contributed by atoms with van der Waals surface area (Å²) >= 11 is 2.26. The fourth-order valence-electron chi connectivity index (χ4n) is 2.40. The highest BCUT2D eigenvalue weighted by molar-refractivity contribution is 8.01. The molecule has 0 bridgehead atoms. The standard InChI is InChI=1S/C10H19NS/c1-9-3-4-10(12-9)5-7-11(2)8-6-10/h9H,3-8H2,1-2H3. The van der Waals surface area contributed by atoms with Crippen LogP contribution in [0, 0.1) is 0 Å². The van der Waals surface area contributed by atoms with E-state index in [2.05, 4.69) is 30.6 Å². The number of piperidine rings is 1. The summed E-state index contributed by atoms with van der Waals surface area (Å²) in [5.74, 6) is 0. The van der Waals surface area contributed by atoms with E-state index in [1.54, 1.807) is 0 Å². The van der Waals surface area contributed by atoms with Crippen molar-refractivity contribution in [3.05, 3.63) is 0 Å². The first-order valence-electron chi connectivity index (χ1n) is 5.07. The Labute approximate surface area is 79.9 Å². The minimum Gasteiger partial charge on any atom is -0.306 e. The third-order valence-electron chi connectivity index (χ3n) is 3.36. The lowest BCUT2D eigenvalue weighted by atomic mass is 9.91. The van der Waals surface area contributed by atoms with Gasteiger partial charge in [-0.2, -0.15) is 11.8 Å². The summed E-state index contributed by atoms with van der Waals surface area (Å²) < 4.78 is 0.700. The Kier molecular flexibility index (Phi) is 2.39. The molecule has 1 unspecified atom stereocenters. The predicted molar refractivity (Wildman–Crippen MR) is 55.7 cm³/mol. The van der Waals surface area contributed by atoms with Gasteiger partial charge in [-0.1, -0.05) is 6.92 Å². The highest BCUT2D eigenvalue weighted by atomic mass is 32.2. The quantitative estimate of drug-likeness (QED) is 0.570. The molecule has 0 aromatic heterocycles. The Bertz CT molecular complexity index is 161. The molecule has 0 radical (unpaired) electrons. The van der Waals surface area contributed by atoms with Crippen molar-refractivity contribution >= 4 is 11.8 Å². The Morgan fingerprint density at radius 3 is 2.42 bits per heavy atom. The van der Waals surface area contributed by atoms with Crippen LogP contribution in [0.15, 0.2) is 0 Å². The van der Waals surface area contributed by atoms with Crippen molar-refractivity contribution in [1.82, 2.24) is 4.90 Å². The molecule has 2 saturated heterocycles. The molecule has 2 aliphatic rings. The number of hydrogen-bond acceptors (Lipinski definition) is 2. The molecule has 2 aliphatic heterocycles. The summed E-state index contributed by atoms with van der Waals surface area (Å²) in [7, 11) is 2.25. The average Bonchev–Trinajstić information content (AvgIpc) is 2.40. The predicted octanol–water partition coefficient (Wildman–Crippen LogP) is 2.37. The van der Waals surface area contributed by atoms with Crippen LogP contribution in [-0.4, -0.2) is 35.0 Å². The van der Waals surface area contributed by atoms with Gasteiger partial charge in [-0.25, -0.2) is 0 Å². The van der Waals surface area contributed by atoms with E-state index in [4.69, 9.17) is 0 Å². The lowest BCUT2D eigenvalue weighted by Gasteiger charge is -2.37. The van der Waals surface area contributed by atoms with E-state index in [1.807, 2.05) is 0 Å². The molecule has 2 fully saturated rings. The van der Waals surface area contributed by atoms with Gasteiger partial charge < -0.3 is 4.90 Å². The normalized spacial score (nSPS) is 36.0. The third kappa shape index (κ3) is 1.64. The van der Waals surface area contributed by atoms with Crippen molar-refractivity contribution in [3.63, 3.8) is 0 Å². The Balaban J connectivity index is 1.95. The van der Waals surface area contributed by atoms with E-state index in [0.29, 0.717) is 4.75 Å². The number of hydrogen-bond donors (Lipinski definition) is 0. The van der Waals surface area contributed by atoms with Crippen LogP contribution in [0.5, 0.6) is 0 Å². The number of rotatable bonds is 0. The molecule has 0 saturated carbocycles. The first kappa shape index (κ1) is 8.89. The molecular weight excluding hydrogens is 166 g/mol. The fraction of sp³-hybridized carbons (Fsp3) is 1.00. The van der Waals surface area contributed by atoms with E-state index in [9.17, 15) is 0 Å². The van der Waals surface area contributed by atoms with Gasteiger partial charge in [-0.05, 0) is 45.8 Å². The summed E-state index contributed by atoms with van der Waals surface area (Å²) in [6.45, 7) is 5.02. The van der Waals surface area contributed by atoms with Gasteiger partial charge in [0.15, 0.2) is 0 Å². The molecule has 2 heteroatoms. The zero-order valence-electron chi connectivity index (χ0n) is 8.18. The first-order valence-corrected chi connectivity index (χ1v) is 5.95. The van der Waals surface area contributed by atoms with Crippen LogP contribution in [0.2, 0.25) is 0 Å². The van der Waals surface area contributed by atoms with E-state index in [-0.39, 0.29) is 0 Å². The maximum atomic E-state index is 2.47. The third-order valence-corrected chi connectivity index (χ3v) is 5.11. The number of thioether (sulfide) groups is 1. The first-order chi connectivity index (χ1) is 5.70. The van der Waals surface area contributed by atoms with Crippen molar-refractivity contribution in [2.75, 3.05) is 20.1 Å². The molecule has 0 aromatic carbocycles. The Morgan fingerprint density at radius 1 is 1.25 bits per heavy atom. The van der Waals surface area contributed by atoms with Crippen LogP contribution in [0.3, 0.4) is 0 Å². The minimum absolute atomic E-state index is 0.700. The van der Waals surface area contributed by atoms with Gasteiger partial charge in [0.05, 0.1) is 0 Å². The topological polar surface area (TPSA) is 3.24 Å². The van der Waals surface area contributed by atoms with Gasteiger partial charge in [-0.15, -0.1) is 0 Å². The van der Waals surface area contributed by atoms with Crippen molar-refractivity contribution in [2.45, 2.75) is 42.6 Å². The summed E-state index contributed by atoms with van der Waals surface area (Å²) in [5, 5.41) is 0.924. The molecule has 0 amide bonds. The monoisotopic (exact) mass is 185 g/mol. The molecule has 1 nitrogen and oxygen atoms in total. The zero-order valence-corrected chi connectivity index (χ0v) is 8.99. The molecule has 1 spiro atoms. The van der Waals surface area contributed by atoms with Crippen LogP contribution >= 0.6 is 11.8 Å². The molecule has 1 atom stereocenters. The van der Waals surface area contributed by atoms with Gasteiger partial charge in [0.2, 0.25) is 0 Å². The molecular formula is C10H19NS. The van der Waals surface area contributed by atoms with Gasteiger partial charge in [0.25, 0.3) is 0 Å². The van der Waals surface area contributed by atoms with Crippen LogP contribution in [0.4, 0.5) is 0 Å². The molecule has 0 N–H and O–H groups in total. The second-order valence-corrected chi connectivity index (χ2v) is 6.36. The van der Waals surface area contributed by atoms with Crippen molar-refractivity contribution < 1.29 is 0 Å². The maximum absolute atomic E-state index is 2.47. The van der Waals surface area contributed by atoms with Crippen molar-refractivity contribution in [3.8, 4) is 0 Å². The average molecular weight is 185 g/mol. The lowest BCUT2D eigenvalue weighted by Crippen LogP contribution is -2.39. The lowest BCUT2D eigenvalue weighted by molar-refractivity contribution is 0.236. The van der Waals surface area contributed by atoms with E-state index in [0.717, 1.165) is 5.25 Å². The van der Waals surface area contributed by atoms with Gasteiger partial charge in [0.1, 0.15) is 0 Å². The summed E-state index contributed by atoms with van der Waals surface area (Å²) in [5.41, 5.74) is 0. The van der Waals surface area contributed by atoms with Crippen LogP contribution in [0.1, 0.15) is 32.6 Å². The fourth-order valence-corrected chi connectivity index (χ4v) is 4.15. The minimum atomic E-state index is 0.700. The van der Waals surface area contributed by atoms with Crippen LogP contribution in [-0.2, 0) is 0 Å². The largest absolute Gasteiger partial charge is 0.306 e. The Hall–Kier alpha value is 0.310. The van der Waals surface area contributed by atoms with Crippen LogP contribution in [0.25, 0.3) is 0 Å². The molecule has 70 valence electrons. The molecule has 12 heavy (non-hydrogen) atoms. The van der Waals surface area contributed by atoms with E-state index >= 15 is 0 Å². The smallest absolute Gasteiger partial charge is 0.0187 e. The number of nitrogens with zero attached hydrogens (tertiary/aromatic N) is 1. The molecule has 2 heterocycles. The van der Waals surface area contributed by atoms with Gasteiger partial charge in [-0.3, -0.25) is 0 Å². The maximum Gasteiger partial charge on any atom is 0.0187 e. The second-order valence-electron chi connectivity index (χ2n) is 4.45. The number of likely N-dealkylation sites (tertiary alicyclic amines) is 1. The summed E-state index contributed by atoms with van der Waals surface area (Å²) in [4.78, 5) is 2.47. The summed E-state index contributed by atoms with van der Waals surface area (Å²) in [6, 6.07) is 0. The summed E-state index contributed by atoms with van der Waals surface area (Å²) in [6.07, 6.45) is 5.79. The van der Waals surface area contributed by atoms with Crippen molar-refractivity contribution in [1.29, 1.82) is 0 Å². The molecule has 0 aromatic rings. The highest BCUT2D eigenvalue weighted by Crippen LogP contribution is 2.49. The van der Waals surface area contributed by atoms with E-state index < -0.39 is 0 Å². The highest BCUT2D eigenvalue weighted by Gasteiger charge is 2.39. The van der Waals surface area contributed by atoms with E-state index in [1.165, 1.54) is 38.8 Å². The SMILES string of the molecule is CC1CCC2(CCN(C)CC2)S1. The molecule has 2 rings (SSSR count). The van der Waals surface area contributed by atoms with Gasteiger partial charge in [0, 0.05) is 10.00 Å². The zero-order chi connectivity index (χ0) is 8.60. The van der Waals surface area contributed by atoms with Crippen molar-refractivity contribution in [2.24, 2.45) is 0 Å².